The van der Waals surface area contributed by atoms with Crippen molar-refractivity contribution in [3.05, 3.63) is 29.8 Å². The summed E-state index contributed by atoms with van der Waals surface area (Å²) in [6, 6.07) is 8.55. The number of nitrogens with one attached hydrogen (secondary N) is 1. The SMILES string of the molecule is COc1ccccc1CN1CCNC[C@H]1CCO. The zero-order valence-corrected chi connectivity index (χ0v) is 10.9. The summed E-state index contributed by atoms with van der Waals surface area (Å²) in [7, 11) is 1.71. The first-order chi connectivity index (χ1) is 8.85. The van der Waals surface area contributed by atoms with Crippen LogP contribution in [0, 0.1) is 0 Å². The van der Waals surface area contributed by atoms with Gasteiger partial charge in [-0.3, -0.25) is 4.90 Å². The van der Waals surface area contributed by atoms with Gasteiger partial charge in [-0.05, 0) is 12.5 Å². The van der Waals surface area contributed by atoms with Crippen molar-refractivity contribution >= 4 is 0 Å². The fourth-order valence-corrected chi connectivity index (χ4v) is 2.50. The van der Waals surface area contributed by atoms with Gasteiger partial charge in [0.1, 0.15) is 5.75 Å². The number of benzene rings is 1. The molecule has 0 aromatic heterocycles. The van der Waals surface area contributed by atoms with Gasteiger partial charge in [-0.25, -0.2) is 0 Å². The molecular weight excluding hydrogens is 228 g/mol. The molecule has 100 valence electrons. The minimum absolute atomic E-state index is 0.245. The maximum Gasteiger partial charge on any atom is 0.123 e. The second kappa shape index (κ2) is 6.73. The van der Waals surface area contributed by atoms with Crippen LogP contribution < -0.4 is 10.1 Å². The molecule has 1 fully saturated rings. The largest absolute Gasteiger partial charge is 0.496 e. The van der Waals surface area contributed by atoms with Crippen LogP contribution in [0.1, 0.15) is 12.0 Å². The number of nitrogens with zero attached hydrogens (tertiary/aromatic N) is 1. The monoisotopic (exact) mass is 250 g/mol. The van der Waals surface area contributed by atoms with E-state index in [1.165, 1.54) is 5.56 Å². The fraction of sp³-hybridized carbons (Fsp3) is 0.571. The second-order valence-electron chi connectivity index (χ2n) is 4.65. The summed E-state index contributed by atoms with van der Waals surface area (Å²) < 4.78 is 5.39. The van der Waals surface area contributed by atoms with Gasteiger partial charge in [-0.1, -0.05) is 18.2 Å². The summed E-state index contributed by atoms with van der Waals surface area (Å²) >= 11 is 0. The molecule has 2 N–H and O–H groups in total. The maximum absolute atomic E-state index is 9.12. The molecule has 1 saturated heterocycles. The van der Waals surface area contributed by atoms with E-state index in [2.05, 4.69) is 16.3 Å². The van der Waals surface area contributed by atoms with Crippen LogP contribution in [-0.4, -0.2) is 49.4 Å². The quantitative estimate of drug-likeness (QED) is 0.813. The summed E-state index contributed by atoms with van der Waals surface area (Å²) in [4.78, 5) is 2.42. The molecule has 0 radical (unpaired) electrons. The first-order valence-corrected chi connectivity index (χ1v) is 6.52. The molecule has 1 aliphatic heterocycles. The Balaban J connectivity index is 2.05. The third-order valence-electron chi connectivity index (χ3n) is 3.50. The molecule has 4 heteroatoms. The van der Waals surface area contributed by atoms with E-state index in [-0.39, 0.29) is 6.61 Å². The number of aliphatic hydroxyl groups is 1. The molecule has 1 aromatic carbocycles. The topological polar surface area (TPSA) is 44.7 Å². The van der Waals surface area contributed by atoms with Crippen LogP contribution in [0.3, 0.4) is 0 Å². The number of rotatable bonds is 5. The van der Waals surface area contributed by atoms with Crippen LogP contribution in [0.25, 0.3) is 0 Å². The minimum atomic E-state index is 0.245. The number of hydrogen-bond donors (Lipinski definition) is 2. The number of aliphatic hydroxyl groups excluding tert-OH is 1. The van der Waals surface area contributed by atoms with E-state index in [1.807, 2.05) is 18.2 Å². The Hall–Kier alpha value is -1.10. The lowest BCUT2D eigenvalue weighted by Crippen LogP contribution is -2.51. The van der Waals surface area contributed by atoms with Crippen molar-refractivity contribution in [2.75, 3.05) is 33.4 Å². The van der Waals surface area contributed by atoms with Crippen molar-refractivity contribution in [2.45, 2.75) is 19.0 Å². The van der Waals surface area contributed by atoms with Crippen molar-refractivity contribution < 1.29 is 9.84 Å². The van der Waals surface area contributed by atoms with Gasteiger partial charge >= 0.3 is 0 Å². The molecule has 1 aromatic rings. The Labute approximate surface area is 109 Å². The van der Waals surface area contributed by atoms with Gasteiger partial charge in [-0.2, -0.15) is 0 Å². The lowest BCUT2D eigenvalue weighted by Gasteiger charge is -2.36. The molecule has 0 spiro atoms. The molecule has 2 rings (SSSR count). The highest BCUT2D eigenvalue weighted by Gasteiger charge is 2.22. The van der Waals surface area contributed by atoms with Gasteiger partial charge in [0.15, 0.2) is 0 Å². The summed E-state index contributed by atoms with van der Waals surface area (Å²) in [5, 5.41) is 12.5. The second-order valence-corrected chi connectivity index (χ2v) is 4.65. The Kier molecular flexibility index (Phi) is 4.99. The molecule has 18 heavy (non-hydrogen) atoms. The predicted molar refractivity (Wildman–Crippen MR) is 71.8 cm³/mol. The molecule has 0 saturated carbocycles. The maximum atomic E-state index is 9.12. The smallest absolute Gasteiger partial charge is 0.123 e. The van der Waals surface area contributed by atoms with Gasteiger partial charge in [-0.15, -0.1) is 0 Å². The zero-order chi connectivity index (χ0) is 12.8. The van der Waals surface area contributed by atoms with E-state index in [1.54, 1.807) is 7.11 Å². The molecule has 1 atom stereocenters. The minimum Gasteiger partial charge on any atom is -0.496 e. The van der Waals surface area contributed by atoms with Crippen molar-refractivity contribution in [1.82, 2.24) is 10.2 Å². The van der Waals surface area contributed by atoms with E-state index >= 15 is 0 Å². The highest BCUT2D eigenvalue weighted by Crippen LogP contribution is 2.21. The molecule has 1 aliphatic rings. The van der Waals surface area contributed by atoms with E-state index in [0.717, 1.165) is 38.3 Å². The molecule has 0 amide bonds. The first-order valence-electron chi connectivity index (χ1n) is 6.52. The van der Waals surface area contributed by atoms with Crippen LogP contribution >= 0.6 is 0 Å². The average molecular weight is 250 g/mol. The highest BCUT2D eigenvalue weighted by atomic mass is 16.5. The molecule has 0 bridgehead atoms. The highest BCUT2D eigenvalue weighted by molar-refractivity contribution is 5.33. The Morgan fingerprint density at radius 3 is 3.06 bits per heavy atom. The normalized spacial score (nSPS) is 20.9. The molecular formula is C14H22N2O2. The summed E-state index contributed by atoms with van der Waals surface area (Å²) in [5.41, 5.74) is 1.21. The van der Waals surface area contributed by atoms with Crippen LogP contribution in [0.15, 0.2) is 24.3 Å². The van der Waals surface area contributed by atoms with Gasteiger partial charge < -0.3 is 15.2 Å². The number of hydrogen-bond acceptors (Lipinski definition) is 4. The molecule has 4 nitrogen and oxygen atoms in total. The lowest BCUT2D eigenvalue weighted by molar-refractivity contribution is 0.122. The van der Waals surface area contributed by atoms with Crippen LogP contribution in [0.4, 0.5) is 0 Å². The van der Waals surface area contributed by atoms with Crippen molar-refractivity contribution in [3.63, 3.8) is 0 Å². The van der Waals surface area contributed by atoms with E-state index in [9.17, 15) is 0 Å². The van der Waals surface area contributed by atoms with E-state index in [4.69, 9.17) is 9.84 Å². The number of para-hydroxylation sites is 1. The Morgan fingerprint density at radius 1 is 1.44 bits per heavy atom. The predicted octanol–water partition coefficient (Wildman–Crippen LogP) is 0.851. The fourth-order valence-electron chi connectivity index (χ4n) is 2.50. The summed E-state index contributed by atoms with van der Waals surface area (Å²) in [6.07, 6.45) is 0.822. The zero-order valence-electron chi connectivity index (χ0n) is 10.9. The summed E-state index contributed by atoms with van der Waals surface area (Å²) in [5.74, 6) is 0.943. The average Bonchev–Trinajstić information content (AvgIpc) is 2.42. The Morgan fingerprint density at radius 2 is 2.28 bits per heavy atom. The van der Waals surface area contributed by atoms with E-state index in [0.29, 0.717) is 6.04 Å². The number of methoxy groups -OCH3 is 1. The van der Waals surface area contributed by atoms with Gasteiger partial charge in [0.05, 0.1) is 7.11 Å². The van der Waals surface area contributed by atoms with Gasteiger partial charge in [0.25, 0.3) is 0 Å². The lowest BCUT2D eigenvalue weighted by atomic mass is 10.1. The number of piperazine rings is 1. The molecule has 1 heterocycles. The van der Waals surface area contributed by atoms with Crippen molar-refractivity contribution in [1.29, 1.82) is 0 Å². The first kappa shape index (κ1) is 13.3. The van der Waals surface area contributed by atoms with Crippen molar-refractivity contribution in [2.24, 2.45) is 0 Å². The Bertz CT molecular complexity index is 369. The van der Waals surface area contributed by atoms with Crippen LogP contribution in [-0.2, 0) is 6.54 Å². The standard InChI is InChI=1S/C14H22N2O2/c1-18-14-5-3-2-4-12(14)11-16-8-7-15-10-13(16)6-9-17/h2-5,13,15,17H,6-11H2,1H3/t13-/m1/s1. The van der Waals surface area contributed by atoms with Gasteiger partial charge in [0.2, 0.25) is 0 Å². The summed E-state index contributed by atoms with van der Waals surface area (Å²) in [6.45, 7) is 4.11. The van der Waals surface area contributed by atoms with Crippen molar-refractivity contribution in [3.8, 4) is 5.75 Å². The third kappa shape index (κ3) is 3.22. The van der Waals surface area contributed by atoms with Crippen LogP contribution in [0.5, 0.6) is 5.75 Å². The molecule has 0 aliphatic carbocycles. The van der Waals surface area contributed by atoms with Gasteiger partial charge in [0, 0.05) is 44.4 Å². The van der Waals surface area contributed by atoms with E-state index < -0.39 is 0 Å². The van der Waals surface area contributed by atoms with Crippen LogP contribution in [0.2, 0.25) is 0 Å². The molecule has 0 unspecified atom stereocenters. The number of ether oxygens (including phenoxy) is 1. The third-order valence-corrected chi connectivity index (χ3v) is 3.50.